The molecule has 5 heteroatoms. The average Bonchev–Trinajstić information content (AvgIpc) is 2.30. The molecule has 0 aliphatic heterocycles. The third kappa shape index (κ3) is 4.13. The van der Waals surface area contributed by atoms with Crippen molar-refractivity contribution in [2.45, 2.75) is 6.92 Å². The first-order valence-electron chi connectivity index (χ1n) is 5.24. The highest BCUT2D eigenvalue weighted by Crippen LogP contribution is 2.18. The average molecular weight is 233 g/mol. The number of amides is 1. The van der Waals surface area contributed by atoms with E-state index in [9.17, 15) is 4.79 Å². The van der Waals surface area contributed by atoms with E-state index in [4.69, 9.17) is 15.7 Å². The number of nitrogens with one attached hydrogen (secondary N) is 1. The summed E-state index contributed by atoms with van der Waals surface area (Å²) in [6.07, 6.45) is 0. The number of rotatable bonds is 6. The van der Waals surface area contributed by atoms with Crippen LogP contribution in [0.15, 0.2) is 18.2 Å². The van der Waals surface area contributed by atoms with Gasteiger partial charge in [-0.15, -0.1) is 0 Å². The molecule has 0 heterocycles. The quantitative estimate of drug-likeness (QED) is 0.711. The highest BCUT2D eigenvalue weighted by atomic mass is 16.5. The maximum Gasteiger partial charge on any atom is 0.243 e. The van der Waals surface area contributed by atoms with E-state index in [1.54, 1.807) is 6.07 Å². The van der Waals surface area contributed by atoms with Crippen molar-refractivity contribution in [1.29, 1.82) is 5.26 Å². The van der Waals surface area contributed by atoms with Gasteiger partial charge in [0, 0.05) is 6.54 Å². The summed E-state index contributed by atoms with van der Waals surface area (Å²) in [5, 5.41) is 12.0. The van der Waals surface area contributed by atoms with E-state index in [0.29, 0.717) is 18.7 Å². The third-order valence-corrected chi connectivity index (χ3v) is 2.19. The molecule has 0 saturated carbocycles. The fraction of sp³-hybridized carbons (Fsp3) is 0.333. The Balaban J connectivity index is 2.47. The zero-order chi connectivity index (χ0) is 12.7. The molecule has 0 aliphatic rings. The van der Waals surface area contributed by atoms with E-state index in [1.807, 2.05) is 19.1 Å². The van der Waals surface area contributed by atoms with Crippen LogP contribution >= 0.6 is 0 Å². The van der Waals surface area contributed by atoms with Gasteiger partial charge in [-0.2, -0.15) is 5.26 Å². The van der Waals surface area contributed by atoms with Gasteiger partial charge in [-0.1, -0.05) is 12.1 Å². The molecule has 1 aromatic carbocycles. The molecule has 0 radical (unpaired) electrons. The minimum atomic E-state index is -0.487. The van der Waals surface area contributed by atoms with Gasteiger partial charge >= 0.3 is 0 Å². The van der Waals surface area contributed by atoms with Gasteiger partial charge in [0.2, 0.25) is 5.91 Å². The van der Waals surface area contributed by atoms with Crippen molar-refractivity contribution in [3.8, 4) is 6.07 Å². The molecule has 0 unspecified atom stereocenters. The van der Waals surface area contributed by atoms with Crippen LogP contribution in [0.5, 0.6) is 0 Å². The molecule has 17 heavy (non-hydrogen) atoms. The number of carbonyl (C=O) groups excluding carboxylic acids is 1. The van der Waals surface area contributed by atoms with Crippen molar-refractivity contribution in [1.82, 2.24) is 0 Å². The normalized spacial score (nSPS) is 9.65. The molecule has 5 nitrogen and oxygen atoms in total. The molecular weight excluding hydrogens is 218 g/mol. The third-order valence-electron chi connectivity index (χ3n) is 2.19. The Morgan fingerprint density at radius 2 is 2.35 bits per heavy atom. The van der Waals surface area contributed by atoms with Crippen LogP contribution in [0.4, 0.5) is 5.69 Å². The number of hydrogen-bond donors (Lipinski definition) is 2. The second-order valence-electron chi connectivity index (χ2n) is 3.55. The van der Waals surface area contributed by atoms with Gasteiger partial charge in [0.1, 0.15) is 12.7 Å². The maximum atomic E-state index is 10.4. The van der Waals surface area contributed by atoms with Gasteiger partial charge in [0.05, 0.1) is 17.9 Å². The summed E-state index contributed by atoms with van der Waals surface area (Å²) in [6, 6.07) is 7.63. The van der Waals surface area contributed by atoms with Crippen molar-refractivity contribution in [3.63, 3.8) is 0 Å². The van der Waals surface area contributed by atoms with Gasteiger partial charge in [-0.3, -0.25) is 4.79 Å². The molecule has 1 amide bonds. The Kier molecular flexibility index (Phi) is 4.98. The van der Waals surface area contributed by atoms with Gasteiger partial charge < -0.3 is 15.8 Å². The Morgan fingerprint density at radius 1 is 1.59 bits per heavy atom. The van der Waals surface area contributed by atoms with E-state index in [2.05, 4.69) is 11.4 Å². The number of para-hydroxylation sites is 1. The standard InChI is InChI=1S/C12H15N3O2/c1-9-3-2-4-10(7-13)12(9)15-5-6-17-8-11(14)16/h2-4,15H,5-6,8H2,1H3,(H2,14,16). The molecule has 0 spiro atoms. The summed E-state index contributed by atoms with van der Waals surface area (Å²) in [5.41, 5.74) is 7.33. The number of primary amides is 1. The molecule has 0 aromatic heterocycles. The van der Waals surface area contributed by atoms with Crippen LogP contribution in [0.2, 0.25) is 0 Å². The minimum Gasteiger partial charge on any atom is -0.381 e. The summed E-state index contributed by atoms with van der Waals surface area (Å²) in [7, 11) is 0. The number of nitrogens with two attached hydrogens (primary N) is 1. The molecule has 90 valence electrons. The monoisotopic (exact) mass is 233 g/mol. The first-order chi connectivity index (χ1) is 8.15. The largest absolute Gasteiger partial charge is 0.381 e. The van der Waals surface area contributed by atoms with Crippen LogP contribution in [0, 0.1) is 18.3 Å². The van der Waals surface area contributed by atoms with Crippen LogP contribution in [-0.2, 0) is 9.53 Å². The van der Waals surface area contributed by atoms with Crippen LogP contribution in [0.1, 0.15) is 11.1 Å². The summed E-state index contributed by atoms with van der Waals surface area (Å²) in [6.45, 7) is 2.73. The molecule has 3 N–H and O–H groups in total. The topological polar surface area (TPSA) is 88.1 Å². The zero-order valence-electron chi connectivity index (χ0n) is 9.69. The summed E-state index contributed by atoms with van der Waals surface area (Å²) in [4.78, 5) is 10.4. The van der Waals surface area contributed by atoms with Gasteiger partial charge in [0.25, 0.3) is 0 Å². The molecule has 0 bridgehead atoms. The lowest BCUT2D eigenvalue weighted by Gasteiger charge is -2.10. The van der Waals surface area contributed by atoms with Crippen molar-refractivity contribution in [2.75, 3.05) is 25.1 Å². The second kappa shape index (κ2) is 6.51. The van der Waals surface area contributed by atoms with E-state index in [-0.39, 0.29) is 6.61 Å². The molecular formula is C12H15N3O2. The maximum absolute atomic E-state index is 10.4. The van der Waals surface area contributed by atoms with E-state index >= 15 is 0 Å². The van der Waals surface area contributed by atoms with Crippen LogP contribution in [0.25, 0.3) is 0 Å². The summed E-state index contributed by atoms with van der Waals surface area (Å²) in [5.74, 6) is -0.487. The fourth-order valence-electron chi connectivity index (χ4n) is 1.42. The molecule has 0 fully saturated rings. The van der Waals surface area contributed by atoms with Gasteiger partial charge in [0.15, 0.2) is 0 Å². The SMILES string of the molecule is Cc1cccc(C#N)c1NCCOCC(N)=O. The highest BCUT2D eigenvalue weighted by Gasteiger charge is 2.03. The lowest BCUT2D eigenvalue weighted by atomic mass is 10.1. The number of ether oxygens (including phenoxy) is 1. The lowest BCUT2D eigenvalue weighted by Crippen LogP contribution is -2.20. The first-order valence-corrected chi connectivity index (χ1v) is 5.24. The second-order valence-corrected chi connectivity index (χ2v) is 3.55. The molecule has 1 aromatic rings. The van der Waals surface area contributed by atoms with Crippen LogP contribution in [-0.4, -0.2) is 25.7 Å². The van der Waals surface area contributed by atoms with Crippen LogP contribution in [0.3, 0.4) is 0 Å². The van der Waals surface area contributed by atoms with Crippen LogP contribution < -0.4 is 11.1 Å². The predicted molar refractivity (Wildman–Crippen MR) is 64.4 cm³/mol. The summed E-state index contributed by atoms with van der Waals surface area (Å²) >= 11 is 0. The van der Waals surface area contributed by atoms with Crippen molar-refractivity contribution < 1.29 is 9.53 Å². The Morgan fingerprint density at radius 3 is 3.00 bits per heavy atom. The fourth-order valence-corrected chi connectivity index (χ4v) is 1.42. The van der Waals surface area contributed by atoms with E-state index in [1.165, 1.54) is 0 Å². The number of anilines is 1. The number of hydrogen-bond acceptors (Lipinski definition) is 4. The van der Waals surface area contributed by atoms with Crippen molar-refractivity contribution in [2.24, 2.45) is 5.73 Å². The molecule has 1 rings (SSSR count). The highest BCUT2D eigenvalue weighted by molar-refractivity contribution is 5.75. The molecule has 0 saturated heterocycles. The van der Waals surface area contributed by atoms with E-state index < -0.39 is 5.91 Å². The van der Waals surface area contributed by atoms with Crippen molar-refractivity contribution in [3.05, 3.63) is 29.3 Å². The summed E-state index contributed by atoms with van der Waals surface area (Å²) < 4.78 is 5.01. The Bertz CT molecular complexity index is 438. The minimum absolute atomic E-state index is 0.0828. The lowest BCUT2D eigenvalue weighted by molar-refractivity contribution is -0.122. The number of aryl methyl sites for hydroxylation is 1. The Hall–Kier alpha value is -2.06. The first kappa shape index (κ1) is 13.0. The molecule has 0 aliphatic carbocycles. The smallest absolute Gasteiger partial charge is 0.243 e. The van der Waals surface area contributed by atoms with Gasteiger partial charge in [-0.25, -0.2) is 0 Å². The molecule has 0 atom stereocenters. The Labute approximate surface area is 100 Å². The number of benzene rings is 1. The predicted octanol–water partition coefficient (Wildman–Crippen LogP) is 0.780. The van der Waals surface area contributed by atoms with Crippen molar-refractivity contribution >= 4 is 11.6 Å². The van der Waals surface area contributed by atoms with Gasteiger partial charge in [-0.05, 0) is 18.6 Å². The number of nitrogens with zero attached hydrogens (tertiary/aromatic N) is 1. The number of nitriles is 1. The van der Waals surface area contributed by atoms with E-state index in [0.717, 1.165) is 11.3 Å². The zero-order valence-corrected chi connectivity index (χ0v) is 9.69. The number of carbonyl (C=O) groups is 1.